The summed E-state index contributed by atoms with van der Waals surface area (Å²) in [6.07, 6.45) is 3.37. The van der Waals surface area contributed by atoms with Crippen molar-refractivity contribution in [2.75, 3.05) is 13.2 Å². The van der Waals surface area contributed by atoms with E-state index in [1.165, 1.54) is 0 Å². The van der Waals surface area contributed by atoms with Gasteiger partial charge in [-0.15, -0.1) is 0 Å². The average molecular weight is 292 g/mol. The first kappa shape index (κ1) is 15.8. The van der Waals surface area contributed by atoms with Crippen molar-refractivity contribution in [3.8, 4) is 0 Å². The van der Waals surface area contributed by atoms with Crippen molar-refractivity contribution in [2.45, 2.75) is 44.4 Å². The highest BCUT2D eigenvalue weighted by molar-refractivity contribution is 5.67. The molecule has 0 aliphatic heterocycles. The summed E-state index contributed by atoms with van der Waals surface area (Å²) >= 11 is 0. The highest BCUT2D eigenvalue weighted by Gasteiger charge is 2.29. The van der Waals surface area contributed by atoms with Gasteiger partial charge in [0.2, 0.25) is 0 Å². The van der Waals surface area contributed by atoms with E-state index in [9.17, 15) is 4.79 Å². The van der Waals surface area contributed by atoms with E-state index in [-0.39, 0.29) is 18.7 Å². The van der Waals surface area contributed by atoms with Crippen molar-refractivity contribution in [2.24, 2.45) is 0 Å². The number of ether oxygens (including phenoxy) is 1. The molecule has 1 aliphatic carbocycles. The zero-order chi connectivity index (χ0) is 14.9. The number of unbranched alkanes of at least 4 members (excludes halogenated alkanes) is 1. The number of nitrogens with one attached hydrogen (secondary N) is 2. The zero-order valence-electron chi connectivity index (χ0n) is 12.3. The summed E-state index contributed by atoms with van der Waals surface area (Å²) in [6, 6.07) is 10.3. The number of benzene rings is 1. The van der Waals surface area contributed by atoms with Crippen molar-refractivity contribution in [1.29, 1.82) is 0 Å². The highest BCUT2D eigenvalue weighted by Crippen LogP contribution is 2.20. The van der Waals surface area contributed by atoms with Crippen LogP contribution in [0.15, 0.2) is 30.3 Å². The SMILES string of the molecule is O=C(NC1CC(NCCCCO)C1)OCc1ccccc1. The largest absolute Gasteiger partial charge is 0.445 e. The fourth-order valence-electron chi connectivity index (χ4n) is 2.38. The Morgan fingerprint density at radius 2 is 1.95 bits per heavy atom. The number of amides is 1. The lowest BCUT2D eigenvalue weighted by atomic mass is 9.87. The van der Waals surface area contributed by atoms with E-state index < -0.39 is 0 Å². The summed E-state index contributed by atoms with van der Waals surface area (Å²) in [5.74, 6) is 0. The van der Waals surface area contributed by atoms with Crippen LogP contribution in [0.3, 0.4) is 0 Å². The molecule has 5 nitrogen and oxygen atoms in total. The van der Waals surface area contributed by atoms with Crippen molar-refractivity contribution in [3.63, 3.8) is 0 Å². The molecule has 0 unspecified atom stereocenters. The maximum atomic E-state index is 11.6. The molecule has 21 heavy (non-hydrogen) atoms. The number of carbonyl (C=O) groups is 1. The maximum Gasteiger partial charge on any atom is 0.407 e. The molecule has 3 N–H and O–H groups in total. The first-order chi connectivity index (χ1) is 10.3. The van der Waals surface area contributed by atoms with Gasteiger partial charge in [-0.25, -0.2) is 4.79 Å². The molecule has 0 heterocycles. The Labute approximate surface area is 125 Å². The average Bonchev–Trinajstić information content (AvgIpc) is 2.47. The van der Waals surface area contributed by atoms with Crippen molar-refractivity contribution in [3.05, 3.63) is 35.9 Å². The lowest BCUT2D eigenvalue weighted by Gasteiger charge is -2.36. The number of aliphatic hydroxyl groups is 1. The molecular formula is C16H24N2O3. The summed E-state index contributed by atoms with van der Waals surface area (Å²) in [5, 5.41) is 15.0. The summed E-state index contributed by atoms with van der Waals surface area (Å²) in [7, 11) is 0. The predicted octanol–water partition coefficient (Wildman–Crippen LogP) is 1.81. The Bertz CT molecular complexity index is 419. The van der Waals surface area contributed by atoms with E-state index in [4.69, 9.17) is 9.84 Å². The molecule has 0 spiro atoms. The van der Waals surface area contributed by atoms with Crippen LogP contribution in [0.1, 0.15) is 31.2 Å². The second-order valence-corrected chi connectivity index (χ2v) is 5.46. The number of hydrogen-bond acceptors (Lipinski definition) is 4. The van der Waals surface area contributed by atoms with E-state index in [1.54, 1.807) is 0 Å². The number of rotatable bonds is 8. The van der Waals surface area contributed by atoms with Gasteiger partial charge in [0.1, 0.15) is 6.61 Å². The van der Waals surface area contributed by atoms with Gasteiger partial charge in [0, 0.05) is 18.7 Å². The lowest BCUT2D eigenvalue weighted by Crippen LogP contribution is -2.52. The molecule has 0 aromatic heterocycles. The molecule has 1 aromatic rings. The summed E-state index contributed by atoms with van der Waals surface area (Å²) in [5.41, 5.74) is 0.990. The molecule has 1 aromatic carbocycles. The Morgan fingerprint density at radius 1 is 1.19 bits per heavy atom. The minimum Gasteiger partial charge on any atom is -0.445 e. The maximum absolute atomic E-state index is 11.6. The Morgan fingerprint density at radius 3 is 2.67 bits per heavy atom. The minimum atomic E-state index is -0.345. The zero-order valence-corrected chi connectivity index (χ0v) is 12.3. The van der Waals surface area contributed by atoms with E-state index in [0.29, 0.717) is 12.6 Å². The fourth-order valence-corrected chi connectivity index (χ4v) is 2.38. The molecule has 1 fully saturated rings. The van der Waals surface area contributed by atoms with Crippen LogP contribution in [-0.4, -0.2) is 36.4 Å². The topological polar surface area (TPSA) is 70.6 Å². The van der Waals surface area contributed by atoms with Gasteiger partial charge in [-0.2, -0.15) is 0 Å². The number of alkyl carbamates (subject to hydrolysis) is 1. The van der Waals surface area contributed by atoms with Crippen LogP contribution in [0.4, 0.5) is 4.79 Å². The van der Waals surface area contributed by atoms with Gasteiger partial charge in [0.15, 0.2) is 0 Å². The second kappa shape index (κ2) is 8.64. The van der Waals surface area contributed by atoms with E-state index >= 15 is 0 Å². The normalized spacial score (nSPS) is 20.6. The van der Waals surface area contributed by atoms with Gasteiger partial charge in [-0.05, 0) is 37.8 Å². The molecule has 5 heteroatoms. The number of carbonyl (C=O) groups excluding carboxylic acids is 1. The molecule has 1 amide bonds. The molecule has 1 saturated carbocycles. The van der Waals surface area contributed by atoms with E-state index in [2.05, 4.69) is 10.6 Å². The molecule has 0 saturated heterocycles. The van der Waals surface area contributed by atoms with Crippen LogP contribution in [0, 0.1) is 0 Å². The molecule has 1 aliphatic rings. The summed E-state index contributed by atoms with van der Waals surface area (Å²) in [6.45, 7) is 1.49. The highest BCUT2D eigenvalue weighted by atomic mass is 16.5. The van der Waals surface area contributed by atoms with E-state index in [0.717, 1.165) is 37.8 Å². The molecule has 2 rings (SSSR count). The second-order valence-electron chi connectivity index (χ2n) is 5.46. The van der Waals surface area contributed by atoms with Gasteiger partial charge >= 0.3 is 6.09 Å². The van der Waals surface area contributed by atoms with Crippen LogP contribution in [-0.2, 0) is 11.3 Å². The third-order valence-electron chi connectivity index (χ3n) is 3.69. The van der Waals surface area contributed by atoms with Gasteiger partial charge < -0.3 is 20.5 Å². The van der Waals surface area contributed by atoms with Gasteiger partial charge in [-0.1, -0.05) is 30.3 Å². The smallest absolute Gasteiger partial charge is 0.407 e. The van der Waals surface area contributed by atoms with E-state index in [1.807, 2.05) is 30.3 Å². The molecule has 0 atom stereocenters. The molecule has 0 radical (unpaired) electrons. The van der Waals surface area contributed by atoms with Gasteiger partial charge in [-0.3, -0.25) is 0 Å². The Kier molecular flexibility index (Phi) is 6.50. The van der Waals surface area contributed by atoms with Gasteiger partial charge in [0.05, 0.1) is 0 Å². The predicted molar refractivity (Wildman–Crippen MR) is 80.9 cm³/mol. The molecular weight excluding hydrogens is 268 g/mol. The van der Waals surface area contributed by atoms with Crippen molar-refractivity contribution in [1.82, 2.24) is 10.6 Å². The standard InChI is InChI=1S/C16H24N2O3/c19-9-5-4-8-17-14-10-15(11-14)18-16(20)21-12-13-6-2-1-3-7-13/h1-3,6-7,14-15,17,19H,4-5,8-12H2,(H,18,20). The quantitative estimate of drug-likeness (QED) is 0.639. The lowest BCUT2D eigenvalue weighted by molar-refractivity contribution is 0.125. The van der Waals surface area contributed by atoms with Crippen LogP contribution in [0.2, 0.25) is 0 Å². The minimum absolute atomic E-state index is 0.212. The van der Waals surface area contributed by atoms with Crippen LogP contribution >= 0.6 is 0 Å². The Hall–Kier alpha value is -1.59. The Balaban J connectivity index is 1.52. The van der Waals surface area contributed by atoms with Crippen LogP contribution < -0.4 is 10.6 Å². The van der Waals surface area contributed by atoms with Crippen molar-refractivity contribution >= 4 is 6.09 Å². The molecule has 0 bridgehead atoms. The first-order valence-corrected chi connectivity index (χ1v) is 7.59. The molecule has 116 valence electrons. The fraction of sp³-hybridized carbons (Fsp3) is 0.562. The monoisotopic (exact) mass is 292 g/mol. The number of aliphatic hydroxyl groups excluding tert-OH is 1. The van der Waals surface area contributed by atoms with Crippen LogP contribution in [0.5, 0.6) is 0 Å². The summed E-state index contributed by atoms with van der Waals surface area (Å²) < 4.78 is 5.18. The van der Waals surface area contributed by atoms with Crippen molar-refractivity contribution < 1.29 is 14.6 Å². The van der Waals surface area contributed by atoms with Gasteiger partial charge in [0.25, 0.3) is 0 Å². The third kappa shape index (κ3) is 5.73. The third-order valence-corrected chi connectivity index (χ3v) is 3.69. The first-order valence-electron chi connectivity index (χ1n) is 7.59. The summed E-state index contributed by atoms with van der Waals surface area (Å²) in [4.78, 5) is 11.6. The number of hydrogen-bond donors (Lipinski definition) is 3. The van der Waals surface area contributed by atoms with Crippen LogP contribution in [0.25, 0.3) is 0 Å².